The Morgan fingerprint density at radius 1 is 0.774 bits per heavy atom. The second-order valence-corrected chi connectivity index (χ2v) is 9.74. The Balaban J connectivity index is 2.58. The van der Waals surface area contributed by atoms with Gasteiger partial charge in [0.05, 0.1) is 6.04 Å². The van der Waals surface area contributed by atoms with Crippen LogP contribution in [0.3, 0.4) is 0 Å². The monoisotopic (exact) mass is 437 g/mol. The highest BCUT2D eigenvalue weighted by molar-refractivity contribution is 5.82. The number of hydrogen-bond acceptors (Lipinski definition) is 3. The van der Waals surface area contributed by atoms with Gasteiger partial charge >= 0.3 is 0 Å². The van der Waals surface area contributed by atoms with Gasteiger partial charge in [0.15, 0.2) is 0 Å². The van der Waals surface area contributed by atoms with E-state index in [9.17, 15) is 9.59 Å². The van der Waals surface area contributed by atoms with Crippen LogP contribution < -0.4 is 16.4 Å². The van der Waals surface area contributed by atoms with Crippen molar-refractivity contribution >= 4 is 11.8 Å². The number of nitrogens with one attached hydrogen (secondary N) is 2. The van der Waals surface area contributed by atoms with Gasteiger partial charge in [0.25, 0.3) is 0 Å². The lowest BCUT2D eigenvalue weighted by Gasteiger charge is -2.35. The molecule has 0 saturated heterocycles. The molecule has 182 valence electrons. The third-order valence-electron chi connectivity index (χ3n) is 7.16. The molecular weight excluding hydrogens is 386 g/mol. The summed E-state index contributed by atoms with van der Waals surface area (Å²) < 4.78 is 0. The number of amides is 2. The highest BCUT2D eigenvalue weighted by Gasteiger charge is 2.29. The second-order valence-electron chi connectivity index (χ2n) is 9.74. The van der Waals surface area contributed by atoms with Crippen molar-refractivity contribution in [2.24, 2.45) is 5.73 Å². The van der Waals surface area contributed by atoms with Crippen LogP contribution in [-0.4, -0.2) is 30.4 Å². The molecule has 1 atom stereocenters. The minimum Gasteiger partial charge on any atom is -0.358 e. The van der Waals surface area contributed by atoms with Gasteiger partial charge in [-0.05, 0) is 25.7 Å². The summed E-state index contributed by atoms with van der Waals surface area (Å²) in [4.78, 5) is 24.3. The molecule has 1 fully saturated rings. The maximum Gasteiger partial charge on any atom is 0.236 e. The predicted molar refractivity (Wildman–Crippen MR) is 131 cm³/mol. The molecule has 31 heavy (non-hydrogen) atoms. The SMILES string of the molecule is CCC1(NC(=O)CCC(N)C(=O)NC)CCCCCCCCCCCCCCCCC1. The summed E-state index contributed by atoms with van der Waals surface area (Å²) in [5.74, 6) is -0.155. The van der Waals surface area contributed by atoms with Crippen molar-refractivity contribution < 1.29 is 9.59 Å². The molecule has 1 saturated carbocycles. The maximum absolute atomic E-state index is 12.7. The summed E-state index contributed by atoms with van der Waals surface area (Å²) in [5, 5.41) is 5.95. The second kappa shape index (κ2) is 17.5. The van der Waals surface area contributed by atoms with Gasteiger partial charge in [-0.3, -0.25) is 9.59 Å². The fourth-order valence-corrected chi connectivity index (χ4v) is 4.88. The quantitative estimate of drug-likeness (QED) is 0.494. The number of carbonyl (C=O) groups excluding carboxylic acids is 2. The van der Waals surface area contributed by atoms with E-state index in [1.807, 2.05) is 0 Å². The summed E-state index contributed by atoms with van der Waals surface area (Å²) in [6, 6.07) is -0.612. The lowest BCUT2D eigenvalue weighted by atomic mass is 9.83. The zero-order chi connectivity index (χ0) is 22.8. The summed E-state index contributed by atoms with van der Waals surface area (Å²) >= 11 is 0. The zero-order valence-corrected chi connectivity index (χ0v) is 20.6. The Kier molecular flexibility index (Phi) is 15.7. The van der Waals surface area contributed by atoms with Crippen LogP contribution in [0.5, 0.6) is 0 Å². The van der Waals surface area contributed by atoms with Crippen molar-refractivity contribution in [1.82, 2.24) is 10.6 Å². The summed E-state index contributed by atoms with van der Waals surface area (Å²) in [6.45, 7) is 2.21. The molecule has 1 rings (SSSR count). The Hall–Kier alpha value is -1.10. The van der Waals surface area contributed by atoms with E-state index in [2.05, 4.69) is 17.6 Å². The van der Waals surface area contributed by atoms with E-state index in [0.29, 0.717) is 12.8 Å². The molecule has 1 aliphatic carbocycles. The molecular formula is C26H51N3O2. The van der Waals surface area contributed by atoms with E-state index in [1.54, 1.807) is 7.05 Å². The molecule has 5 heteroatoms. The van der Waals surface area contributed by atoms with Crippen LogP contribution in [-0.2, 0) is 9.59 Å². The normalized spacial score (nSPS) is 21.3. The van der Waals surface area contributed by atoms with E-state index in [-0.39, 0.29) is 17.4 Å². The van der Waals surface area contributed by atoms with Crippen LogP contribution in [0.1, 0.15) is 135 Å². The number of likely N-dealkylation sites (N-methyl/N-ethyl adjacent to an activating group) is 1. The standard InChI is InChI=1S/C26H51N3O2/c1-3-26(29-24(30)20-19-23(27)25(31)28-2)21-17-15-13-11-9-7-5-4-6-8-10-12-14-16-18-22-26/h23H,3-22,27H2,1-2H3,(H,28,31)(H,29,30). The van der Waals surface area contributed by atoms with E-state index in [4.69, 9.17) is 5.73 Å². The average Bonchev–Trinajstić information content (AvgIpc) is 2.78. The molecule has 0 heterocycles. The van der Waals surface area contributed by atoms with Crippen molar-refractivity contribution in [3.8, 4) is 0 Å². The van der Waals surface area contributed by atoms with Crippen LogP contribution in [0.2, 0.25) is 0 Å². The Morgan fingerprint density at radius 3 is 1.52 bits per heavy atom. The van der Waals surface area contributed by atoms with Gasteiger partial charge in [-0.1, -0.05) is 103 Å². The van der Waals surface area contributed by atoms with Crippen LogP contribution in [0.25, 0.3) is 0 Å². The highest BCUT2D eigenvalue weighted by Crippen LogP contribution is 2.27. The number of carbonyl (C=O) groups is 2. The fraction of sp³-hybridized carbons (Fsp3) is 0.923. The van der Waals surface area contributed by atoms with E-state index < -0.39 is 6.04 Å². The molecule has 0 aromatic heterocycles. The van der Waals surface area contributed by atoms with Gasteiger partial charge in [0, 0.05) is 19.0 Å². The molecule has 0 radical (unpaired) electrons. The smallest absolute Gasteiger partial charge is 0.236 e. The first-order chi connectivity index (χ1) is 15.0. The summed E-state index contributed by atoms with van der Waals surface area (Å²) in [7, 11) is 1.58. The number of nitrogens with two attached hydrogens (primary N) is 1. The van der Waals surface area contributed by atoms with Gasteiger partial charge in [0.2, 0.25) is 11.8 Å². The Bertz CT molecular complexity index is 463. The molecule has 1 unspecified atom stereocenters. The van der Waals surface area contributed by atoms with E-state index in [0.717, 1.165) is 19.3 Å². The topological polar surface area (TPSA) is 84.2 Å². The molecule has 2 amide bonds. The van der Waals surface area contributed by atoms with Gasteiger partial charge in [0.1, 0.15) is 0 Å². The predicted octanol–water partition coefficient (Wildman–Crippen LogP) is 5.75. The van der Waals surface area contributed by atoms with Crippen molar-refractivity contribution in [2.75, 3.05) is 7.05 Å². The molecule has 4 N–H and O–H groups in total. The Labute approximate surface area is 192 Å². The minimum atomic E-state index is -0.612. The van der Waals surface area contributed by atoms with Gasteiger partial charge in [-0.25, -0.2) is 0 Å². The largest absolute Gasteiger partial charge is 0.358 e. The van der Waals surface area contributed by atoms with Crippen molar-refractivity contribution in [2.45, 2.75) is 147 Å². The van der Waals surface area contributed by atoms with Crippen LogP contribution in [0.15, 0.2) is 0 Å². The van der Waals surface area contributed by atoms with Gasteiger partial charge in [-0.2, -0.15) is 0 Å². The van der Waals surface area contributed by atoms with Crippen LogP contribution >= 0.6 is 0 Å². The lowest BCUT2D eigenvalue weighted by Crippen LogP contribution is -2.48. The summed E-state index contributed by atoms with van der Waals surface area (Å²) in [5.41, 5.74) is 5.77. The fourth-order valence-electron chi connectivity index (χ4n) is 4.88. The molecule has 0 aliphatic heterocycles. The van der Waals surface area contributed by atoms with Gasteiger partial charge in [-0.15, -0.1) is 0 Å². The van der Waals surface area contributed by atoms with Crippen LogP contribution in [0, 0.1) is 0 Å². The third kappa shape index (κ3) is 13.1. The lowest BCUT2D eigenvalue weighted by molar-refractivity contribution is -0.124. The zero-order valence-electron chi connectivity index (χ0n) is 20.6. The third-order valence-corrected chi connectivity index (χ3v) is 7.16. The number of rotatable bonds is 6. The van der Waals surface area contributed by atoms with Crippen LogP contribution in [0.4, 0.5) is 0 Å². The first-order valence-electron chi connectivity index (χ1n) is 13.3. The van der Waals surface area contributed by atoms with Crippen molar-refractivity contribution in [3.05, 3.63) is 0 Å². The Morgan fingerprint density at radius 2 is 1.16 bits per heavy atom. The molecule has 5 nitrogen and oxygen atoms in total. The molecule has 0 aromatic carbocycles. The van der Waals surface area contributed by atoms with Crippen molar-refractivity contribution in [3.63, 3.8) is 0 Å². The van der Waals surface area contributed by atoms with E-state index in [1.165, 1.54) is 96.3 Å². The minimum absolute atomic E-state index is 0.0448. The van der Waals surface area contributed by atoms with E-state index >= 15 is 0 Å². The summed E-state index contributed by atoms with van der Waals surface area (Å²) in [6.07, 6.45) is 23.8. The molecule has 0 spiro atoms. The highest BCUT2D eigenvalue weighted by atomic mass is 16.2. The maximum atomic E-state index is 12.7. The average molecular weight is 438 g/mol. The first kappa shape index (κ1) is 27.9. The molecule has 0 bridgehead atoms. The molecule has 0 aromatic rings. The number of hydrogen-bond donors (Lipinski definition) is 3. The van der Waals surface area contributed by atoms with Crippen molar-refractivity contribution in [1.29, 1.82) is 0 Å². The van der Waals surface area contributed by atoms with Gasteiger partial charge < -0.3 is 16.4 Å². The first-order valence-corrected chi connectivity index (χ1v) is 13.3. The molecule has 1 aliphatic rings.